The van der Waals surface area contributed by atoms with Crippen LogP contribution >= 0.6 is 0 Å². The Balaban J connectivity index is 2.25. The van der Waals surface area contributed by atoms with Crippen LogP contribution in [0.15, 0.2) is 0 Å². The molecular formula is C11H20O3. The number of carbonyl (C=O) groups is 1. The minimum absolute atomic E-state index is 0.0868. The first-order valence-corrected chi connectivity index (χ1v) is 5.39. The van der Waals surface area contributed by atoms with E-state index in [4.69, 9.17) is 4.74 Å². The number of hydrogen-bond donors (Lipinski definition) is 1. The monoisotopic (exact) mass is 200 g/mol. The van der Waals surface area contributed by atoms with Crippen LogP contribution in [0.1, 0.15) is 52.4 Å². The van der Waals surface area contributed by atoms with Crippen molar-refractivity contribution in [2.75, 3.05) is 0 Å². The lowest BCUT2D eigenvalue weighted by Crippen LogP contribution is -2.28. The summed E-state index contributed by atoms with van der Waals surface area (Å²) in [6.07, 6.45) is 5.71. The number of carbonyl (C=O) groups excluding carboxylic acids is 1. The zero-order chi connectivity index (χ0) is 10.6. The van der Waals surface area contributed by atoms with Gasteiger partial charge in [0.25, 0.3) is 0 Å². The lowest BCUT2D eigenvalue weighted by molar-refractivity contribution is -0.154. The number of ether oxygens (including phenoxy) is 1. The molecule has 0 aromatic heterocycles. The maximum absolute atomic E-state index is 11.3. The highest BCUT2D eigenvalue weighted by atomic mass is 16.5. The van der Waals surface area contributed by atoms with Crippen LogP contribution in [-0.2, 0) is 9.53 Å². The Labute approximate surface area is 85.5 Å². The molecule has 0 heterocycles. The molecule has 0 amide bonds. The summed E-state index contributed by atoms with van der Waals surface area (Å²) in [5.74, 6) is -0.274. The van der Waals surface area contributed by atoms with E-state index < -0.39 is 5.60 Å². The fourth-order valence-corrected chi connectivity index (χ4v) is 1.76. The number of esters is 1. The molecule has 0 aromatic rings. The van der Waals surface area contributed by atoms with Gasteiger partial charge in [-0.05, 0) is 39.5 Å². The number of aliphatic hydroxyl groups is 1. The maximum atomic E-state index is 11.3. The Morgan fingerprint density at radius 2 is 1.93 bits per heavy atom. The van der Waals surface area contributed by atoms with Crippen molar-refractivity contribution in [3.05, 3.63) is 0 Å². The second-order valence-electron chi connectivity index (χ2n) is 4.74. The summed E-state index contributed by atoms with van der Waals surface area (Å²) in [5.41, 5.74) is -0.953. The van der Waals surface area contributed by atoms with Crippen LogP contribution in [0.3, 0.4) is 0 Å². The SMILES string of the molecule is CC(C)(O)CC(=O)OC1CCCCC1. The second-order valence-corrected chi connectivity index (χ2v) is 4.74. The van der Waals surface area contributed by atoms with Crippen molar-refractivity contribution in [3.63, 3.8) is 0 Å². The predicted octanol–water partition coefficient (Wildman–Crippen LogP) is 2.02. The largest absolute Gasteiger partial charge is 0.462 e. The zero-order valence-corrected chi connectivity index (χ0v) is 9.08. The molecule has 0 aromatic carbocycles. The highest BCUT2D eigenvalue weighted by Gasteiger charge is 2.23. The molecule has 1 aliphatic rings. The Kier molecular flexibility index (Phi) is 3.93. The second kappa shape index (κ2) is 4.78. The molecule has 82 valence electrons. The standard InChI is InChI=1S/C11H20O3/c1-11(2,13)8-10(12)14-9-6-4-3-5-7-9/h9,13H,3-8H2,1-2H3. The van der Waals surface area contributed by atoms with Crippen molar-refractivity contribution < 1.29 is 14.6 Å². The molecule has 1 fully saturated rings. The normalized spacial score (nSPS) is 19.4. The van der Waals surface area contributed by atoms with Crippen LogP contribution in [0.2, 0.25) is 0 Å². The minimum atomic E-state index is -0.953. The van der Waals surface area contributed by atoms with Crippen molar-refractivity contribution >= 4 is 5.97 Å². The van der Waals surface area contributed by atoms with Gasteiger partial charge in [-0.1, -0.05) is 6.42 Å². The van der Waals surface area contributed by atoms with Gasteiger partial charge in [0.05, 0.1) is 12.0 Å². The summed E-state index contributed by atoms with van der Waals surface area (Å²) in [6.45, 7) is 3.24. The van der Waals surface area contributed by atoms with Crippen molar-refractivity contribution in [1.29, 1.82) is 0 Å². The highest BCUT2D eigenvalue weighted by Crippen LogP contribution is 2.21. The quantitative estimate of drug-likeness (QED) is 0.709. The lowest BCUT2D eigenvalue weighted by atomic mass is 9.97. The molecule has 14 heavy (non-hydrogen) atoms. The molecule has 3 nitrogen and oxygen atoms in total. The van der Waals surface area contributed by atoms with Gasteiger partial charge < -0.3 is 9.84 Å². The molecule has 0 radical (unpaired) electrons. The Hall–Kier alpha value is -0.570. The van der Waals surface area contributed by atoms with Gasteiger partial charge >= 0.3 is 5.97 Å². The average Bonchev–Trinajstić information content (AvgIpc) is 2.02. The smallest absolute Gasteiger partial charge is 0.308 e. The molecule has 0 bridgehead atoms. The van der Waals surface area contributed by atoms with Gasteiger partial charge in [-0.3, -0.25) is 4.79 Å². The molecule has 1 saturated carbocycles. The molecule has 0 spiro atoms. The Morgan fingerprint density at radius 3 is 2.43 bits per heavy atom. The molecule has 0 atom stereocenters. The van der Waals surface area contributed by atoms with Gasteiger partial charge in [-0.15, -0.1) is 0 Å². The van der Waals surface area contributed by atoms with E-state index in [2.05, 4.69) is 0 Å². The summed E-state index contributed by atoms with van der Waals surface area (Å²) >= 11 is 0. The van der Waals surface area contributed by atoms with Gasteiger partial charge in [0.15, 0.2) is 0 Å². The topological polar surface area (TPSA) is 46.5 Å². The minimum Gasteiger partial charge on any atom is -0.462 e. The van der Waals surface area contributed by atoms with E-state index in [9.17, 15) is 9.90 Å². The fourth-order valence-electron chi connectivity index (χ4n) is 1.76. The fraction of sp³-hybridized carbons (Fsp3) is 0.909. The summed E-state index contributed by atoms with van der Waals surface area (Å²) < 4.78 is 5.27. The first-order chi connectivity index (χ1) is 6.47. The van der Waals surface area contributed by atoms with E-state index in [0.29, 0.717) is 0 Å². The van der Waals surface area contributed by atoms with Gasteiger partial charge in [0.1, 0.15) is 6.10 Å². The summed E-state index contributed by atoms with van der Waals surface area (Å²) in [6, 6.07) is 0. The van der Waals surface area contributed by atoms with Gasteiger partial charge in [0.2, 0.25) is 0 Å². The first-order valence-electron chi connectivity index (χ1n) is 5.39. The molecule has 1 rings (SSSR count). The molecule has 1 aliphatic carbocycles. The van der Waals surface area contributed by atoms with Crippen LogP contribution in [0.5, 0.6) is 0 Å². The lowest BCUT2D eigenvalue weighted by Gasteiger charge is -2.23. The summed E-state index contributed by atoms with van der Waals surface area (Å²) in [7, 11) is 0. The van der Waals surface area contributed by atoms with Crippen LogP contribution in [0, 0.1) is 0 Å². The third kappa shape index (κ3) is 4.61. The molecule has 0 saturated heterocycles. The van der Waals surface area contributed by atoms with Gasteiger partial charge in [0, 0.05) is 0 Å². The summed E-state index contributed by atoms with van der Waals surface area (Å²) in [4.78, 5) is 11.3. The van der Waals surface area contributed by atoms with E-state index in [1.54, 1.807) is 13.8 Å². The first kappa shape index (κ1) is 11.5. The Morgan fingerprint density at radius 1 is 1.36 bits per heavy atom. The third-order valence-electron chi connectivity index (χ3n) is 2.43. The average molecular weight is 200 g/mol. The van der Waals surface area contributed by atoms with Crippen LogP contribution in [0.25, 0.3) is 0 Å². The van der Waals surface area contributed by atoms with Crippen molar-refractivity contribution in [3.8, 4) is 0 Å². The molecule has 3 heteroatoms. The molecule has 1 N–H and O–H groups in total. The van der Waals surface area contributed by atoms with Crippen molar-refractivity contribution in [1.82, 2.24) is 0 Å². The van der Waals surface area contributed by atoms with Crippen molar-refractivity contribution in [2.45, 2.75) is 64.1 Å². The van der Waals surface area contributed by atoms with Gasteiger partial charge in [-0.25, -0.2) is 0 Å². The summed E-state index contributed by atoms with van der Waals surface area (Å²) in [5, 5.41) is 9.42. The third-order valence-corrected chi connectivity index (χ3v) is 2.43. The molecule has 0 unspecified atom stereocenters. The van der Waals surface area contributed by atoms with E-state index >= 15 is 0 Å². The van der Waals surface area contributed by atoms with E-state index in [1.807, 2.05) is 0 Å². The predicted molar refractivity (Wildman–Crippen MR) is 53.9 cm³/mol. The molecule has 0 aliphatic heterocycles. The number of hydrogen-bond acceptors (Lipinski definition) is 3. The molecular weight excluding hydrogens is 180 g/mol. The number of rotatable bonds is 3. The highest BCUT2D eigenvalue weighted by molar-refractivity contribution is 5.70. The Bertz CT molecular complexity index is 187. The van der Waals surface area contributed by atoms with E-state index in [0.717, 1.165) is 25.7 Å². The van der Waals surface area contributed by atoms with E-state index in [-0.39, 0.29) is 18.5 Å². The van der Waals surface area contributed by atoms with Crippen LogP contribution < -0.4 is 0 Å². The zero-order valence-electron chi connectivity index (χ0n) is 9.08. The van der Waals surface area contributed by atoms with Crippen LogP contribution in [-0.4, -0.2) is 22.8 Å². The van der Waals surface area contributed by atoms with E-state index in [1.165, 1.54) is 6.42 Å². The van der Waals surface area contributed by atoms with Crippen molar-refractivity contribution in [2.24, 2.45) is 0 Å². The van der Waals surface area contributed by atoms with Crippen LogP contribution in [0.4, 0.5) is 0 Å². The van der Waals surface area contributed by atoms with Gasteiger partial charge in [-0.2, -0.15) is 0 Å². The maximum Gasteiger partial charge on any atom is 0.308 e.